The molecule has 1 unspecified atom stereocenters. The van der Waals surface area contributed by atoms with Crippen LogP contribution in [0.5, 0.6) is 0 Å². The highest BCUT2D eigenvalue weighted by Gasteiger charge is 2.25. The summed E-state index contributed by atoms with van der Waals surface area (Å²) in [5, 5.41) is 11.5. The fraction of sp³-hybridized carbons (Fsp3) is 0.385. The predicted molar refractivity (Wildman–Crippen MR) is 78.9 cm³/mol. The van der Waals surface area contributed by atoms with E-state index in [1.165, 1.54) is 0 Å². The van der Waals surface area contributed by atoms with Crippen molar-refractivity contribution >= 4 is 34.7 Å². The average Bonchev–Trinajstić information content (AvgIpc) is 2.24. The van der Waals surface area contributed by atoms with Crippen molar-refractivity contribution in [2.75, 3.05) is 0 Å². The molecule has 0 saturated carbocycles. The number of benzene rings is 1. The molecule has 2 N–H and O–H groups in total. The summed E-state index contributed by atoms with van der Waals surface area (Å²) in [6, 6.07) is 5.77. The summed E-state index contributed by atoms with van der Waals surface area (Å²) in [5.74, 6) is -1.13. The van der Waals surface area contributed by atoms with Crippen LogP contribution in [0.4, 0.5) is 4.79 Å². The van der Waals surface area contributed by atoms with Crippen molar-refractivity contribution in [2.45, 2.75) is 32.4 Å². The minimum absolute atomic E-state index is 0.499. The third-order valence-corrected chi connectivity index (χ3v) is 2.83. The monoisotopic (exact) mass is 377 g/mol. The van der Waals surface area contributed by atoms with E-state index in [0.717, 1.165) is 3.57 Å². The number of hydrogen-bond donors (Lipinski definition) is 2. The number of carboxylic acid groups (broad SMARTS) is 1. The van der Waals surface area contributed by atoms with Gasteiger partial charge in [0.05, 0.1) is 0 Å². The van der Waals surface area contributed by atoms with Crippen molar-refractivity contribution in [3.05, 3.63) is 33.4 Å². The number of rotatable bonds is 3. The molecule has 0 aliphatic heterocycles. The number of hydrogen-bond acceptors (Lipinski definition) is 3. The number of alkyl carbamates (subject to hydrolysis) is 1. The van der Waals surface area contributed by atoms with Crippen molar-refractivity contribution < 1.29 is 19.4 Å². The van der Waals surface area contributed by atoms with Gasteiger partial charge in [-0.3, -0.25) is 0 Å². The lowest BCUT2D eigenvalue weighted by Gasteiger charge is -2.22. The number of amides is 1. The highest BCUT2D eigenvalue weighted by molar-refractivity contribution is 14.1. The maximum Gasteiger partial charge on any atom is 0.408 e. The molecule has 1 aromatic rings. The predicted octanol–water partition coefficient (Wildman–Crippen LogP) is 2.94. The van der Waals surface area contributed by atoms with Crippen LogP contribution >= 0.6 is 22.6 Å². The molecule has 5 nitrogen and oxygen atoms in total. The Kier molecular flexibility index (Phi) is 5.16. The molecule has 1 atom stereocenters. The van der Waals surface area contributed by atoms with Crippen molar-refractivity contribution in [3.63, 3.8) is 0 Å². The van der Waals surface area contributed by atoms with Crippen LogP contribution in [0.1, 0.15) is 32.4 Å². The smallest absolute Gasteiger partial charge is 0.408 e. The number of ether oxygens (including phenoxy) is 1. The molecular weight excluding hydrogens is 361 g/mol. The lowest BCUT2D eigenvalue weighted by Crippen LogP contribution is -2.38. The van der Waals surface area contributed by atoms with Gasteiger partial charge in [0, 0.05) is 3.57 Å². The van der Waals surface area contributed by atoms with Crippen LogP contribution in [0.2, 0.25) is 0 Å². The number of carbonyl (C=O) groups is 2. The third kappa shape index (κ3) is 5.46. The van der Waals surface area contributed by atoms with Gasteiger partial charge >= 0.3 is 12.1 Å². The first-order valence-corrected chi connectivity index (χ1v) is 6.75. The minimum Gasteiger partial charge on any atom is -0.479 e. The van der Waals surface area contributed by atoms with E-state index < -0.39 is 23.7 Å². The second-order valence-corrected chi connectivity index (χ2v) is 6.21. The average molecular weight is 377 g/mol. The molecule has 1 rings (SSSR count). The van der Waals surface area contributed by atoms with Gasteiger partial charge in [0.1, 0.15) is 5.60 Å². The van der Waals surface area contributed by atoms with Crippen LogP contribution in [0.3, 0.4) is 0 Å². The molecule has 0 aliphatic carbocycles. The van der Waals surface area contributed by atoms with E-state index in [4.69, 9.17) is 4.74 Å². The van der Waals surface area contributed by atoms with Crippen molar-refractivity contribution in [1.82, 2.24) is 5.32 Å². The first-order valence-electron chi connectivity index (χ1n) is 5.67. The highest BCUT2D eigenvalue weighted by Crippen LogP contribution is 2.16. The summed E-state index contributed by atoms with van der Waals surface area (Å²) < 4.78 is 6.04. The molecule has 6 heteroatoms. The van der Waals surface area contributed by atoms with Crippen LogP contribution in [-0.4, -0.2) is 22.8 Å². The Morgan fingerprint density at radius 3 is 2.21 bits per heavy atom. The summed E-state index contributed by atoms with van der Waals surface area (Å²) in [4.78, 5) is 22.8. The summed E-state index contributed by atoms with van der Waals surface area (Å²) in [7, 11) is 0. The molecular formula is C13H16INO4. The number of carbonyl (C=O) groups excluding carboxylic acids is 1. The molecule has 0 heterocycles. The van der Waals surface area contributed by atoms with Crippen LogP contribution in [0, 0.1) is 3.57 Å². The van der Waals surface area contributed by atoms with Crippen molar-refractivity contribution in [2.24, 2.45) is 0 Å². The molecule has 0 radical (unpaired) electrons. The van der Waals surface area contributed by atoms with E-state index in [-0.39, 0.29) is 0 Å². The fourth-order valence-corrected chi connectivity index (χ4v) is 1.73. The van der Waals surface area contributed by atoms with Gasteiger partial charge in [-0.1, -0.05) is 12.1 Å². The van der Waals surface area contributed by atoms with E-state index in [1.807, 2.05) is 0 Å². The van der Waals surface area contributed by atoms with Crippen LogP contribution in [0.25, 0.3) is 0 Å². The van der Waals surface area contributed by atoms with Crippen LogP contribution in [-0.2, 0) is 9.53 Å². The summed E-state index contributed by atoms with van der Waals surface area (Å²) in [6.45, 7) is 5.15. The Morgan fingerprint density at radius 2 is 1.79 bits per heavy atom. The first kappa shape index (κ1) is 15.7. The highest BCUT2D eigenvalue weighted by atomic mass is 127. The normalized spacial score (nSPS) is 12.6. The van der Waals surface area contributed by atoms with Crippen LogP contribution < -0.4 is 5.32 Å². The SMILES string of the molecule is CC(C)(C)OC(=O)NC(C(=O)O)c1ccc(I)cc1. The number of aliphatic carboxylic acids is 1. The topological polar surface area (TPSA) is 75.6 Å². The molecule has 0 saturated heterocycles. The van der Waals surface area contributed by atoms with E-state index in [1.54, 1.807) is 45.0 Å². The van der Waals surface area contributed by atoms with Crippen LogP contribution in [0.15, 0.2) is 24.3 Å². The van der Waals surface area contributed by atoms with Gasteiger partial charge in [-0.05, 0) is 61.1 Å². The number of nitrogens with one attached hydrogen (secondary N) is 1. The molecule has 104 valence electrons. The Hall–Kier alpha value is -1.31. The Labute approximate surface area is 125 Å². The lowest BCUT2D eigenvalue weighted by molar-refractivity contribution is -0.139. The van der Waals surface area contributed by atoms with Gasteiger partial charge in [0.25, 0.3) is 0 Å². The van der Waals surface area contributed by atoms with Crippen molar-refractivity contribution in [1.29, 1.82) is 0 Å². The third-order valence-electron chi connectivity index (χ3n) is 2.11. The minimum atomic E-state index is -1.13. The molecule has 0 fully saturated rings. The standard InChI is InChI=1S/C13H16INO4/c1-13(2,3)19-12(18)15-10(11(16)17)8-4-6-9(14)7-5-8/h4-7,10H,1-3H3,(H,15,18)(H,16,17). The number of halogens is 1. The van der Waals surface area contributed by atoms with Crippen molar-refractivity contribution in [3.8, 4) is 0 Å². The Bertz CT molecular complexity index is 465. The fourth-order valence-electron chi connectivity index (χ4n) is 1.37. The summed E-state index contributed by atoms with van der Waals surface area (Å²) in [5.41, 5.74) is -0.169. The molecule has 19 heavy (non-hydrogen) atoms. The number of carboxylic acids is 1. The van der Waals surface area contributed by atoms with Gasteiger partial charge in [-0.2, -0.15) is 0 Å². The molecule has 0 aliphatic rings. The Morgan fingerprint density at radius 1 is 1.26 bits per heavy atom. The maximum atomic E-state index is 11.6. The molecule has 0 bridgehead atoms. The maximum absolute atomic E-state index is 11.6. The van der Waals surface area contributed by atoms with Gasteiger partial charge in [-0.25, -0.2) is 9.59 Å². The summed E-state index contributed by atoms with van der Waals surface area (Å²) in [6.07, 6.45) is -0.751. The first-order chi connectivity index (χ1) is 8.69. The molecule has 0 aromatic heterocycles. The van der Waals surface area contributed by atoms with Gasteiger partial charge < -0.3 is 15.2 Å². The van der Waals surface area contributed by atoms with E-state index in [9.17, 15) is 14.7 Å². The van der Waals surface area contributed by atoms with E-state index in [2.05, 4.69) is 27.9 Å². The van der Waals surface area contributed by atoms with Gasteiger partial charge in [-0.15, -0.1) is 0 Å². The molecule has 0 spiro atoms. The van der Waals surface area contributed by atoms with E-state index in [0.29, 0.717) is 5.56 Å². The lowest BCUT2D eigenvalue weighted by atomic mass is 10.1. The largest absolute Gasteiger partial charge is 0.479 e. The zero-order valence-electron chi connectivity index (χ0n) is 10.9. The van der Waals surface area contributed by atoms with Gasteiger partial charge in [0.15, 0.2) is 6.04 Å². The Balaban J connectivity index is 2.82. The molecule has 1 amide bonds. The second-order valence-electron chi connectivity index (χ2n) is 4.97. The quantitative estimate of drug-likeness (QED) is 0.795. The van der Waals surface area contributed by atoms with Gasteiger partial charge in [0.2, 0.25) is 0 Å². The zero-order valence-corrected chi connectivity index (χ0v) is 13.1. The second kappa shape index (κ2) is 6.23. The molecule has 1 aromatic carbocycles. The van der Waals surface area contributed by atoms with E-state index >= 15 is 0 Å². The zero-order chi connectivity index (χ0) is 14.6. The summed E-state index contributed by atoms with van der Waals surface area (Å²) >= 11 is 2.12.